The molecule has 0 spiro atoms. The Morgan fingerprint density at radius 3 is 2.52 bits per heavy atom. The van der Waals surface area contributed by atoms with Gasteiger partial charge in [0.15, 0.2) is 0 Å². The summed E-state index contributed by atoms with van der Waals surface area (Å²) in [4.78, 5) is 4.52. The average Bonchev–Trinajstić information content (AvgIpc) is 3.32. The van der Waals surface area contributed by atoms with Crippen LogP contribution in [0, 0.1) is 13.7 Å². The largest absolute Gasteiger partial charge is 0.455 e. The van der Waals surface area contributed by atoms with Crippen molar-refractivity contribution in [3.05, 3.63) is 101 Å². The lowest BCUT2D eigenvalue weighted by Crippen LogP contribution is -2.13. The Balaban J connectivity index is 1.45. The number of hydrogen-bond donors (Lipinski definition) is 0. The van der Waals surface area contributed by atoms with E-state index < -0.39 is 25.5 Å². The number of nitrogens with zero attached hydrogens (tertiary/aromatic N) is 1. The van der Waals surface area contributed by atoms with E-state index in [-0.39, 0.29) is 11.1 Å². The van der Waals surface area contributed by atoms with E-state index in [2.05, 4.69) is 4.98 Å². The summed E-state index contributed by atoms with van der Waals surface area (Å²) in [5.41, 5.74) is 3.61. The van der Waals surface area contributed by atoms with E-state index in [4.69, 9.17) is 14.0 Å². The van der Waals surface area contributed by atoms with Crippen molar-refractivity contribution in [2.24, 2.45) is 0 Å². The van der Waals surface area contributed by atoms with Crippen LogP contribution in [0.15, 0.2) is 83.4 Å². The number of para-hydroxylation sites is 1. The molecular weight excluding hydrogens is 402 g/mol. The molecule has 0 unspecified atom stereocenters. The van der Waals surface area contributed by atoms with Crippen molar-refractivity contribution in [1.82, 2.24) is 4.98 Å². The zero-order chi connectivity index (χ0) is 29.2. The first kappa shape index (κ1) is 13.3. The second kappa shape index (κ2) is 8.19. The fraction of sp³-hybridized carbons (Fsp3) is 0.258. The molecule has 0 saturated heterocycles. The molecule has 1 fully saturated rings. The molecule has 0 amide bonds. The predicted octanol–water partition coefficient (Wildman–Crippen LogP) is 8.71. The van der Waals surface area contributed by atoms with Crippen LogP contribution >= 0.6 is 0 Å². The minimum Gasteiger partial charge on any atom is -0.455 e. The van der Waals surface area contributed by atoms with Crippen LogP contribution in [-0.2, 0) is 0 Å². The molecule has 164 valence electrons. The molecule has 3 aromatic carbocycles. The molecular formula is C31H29NO. The maximum atomic E-state index is 9.48. The van der Waals surface area contributed by atoms with Crippen LogP contribution in [0.2, 0.25) is 0 Å². The number of aryl methyl sites for hydroxylation is 2. The highest BCUT2D eigenvalue weighted by Gasteiger charge is 2.25. The highest BCUT2D eigenvalue weighted by Crippen LogP contribution is 2.42. The van der Waals surface area contributed by atoms with E-state index in [1.807, 2.05) is 48.5 Å². The summed E-state index contributed by atoms with van der Waals surface area (Å²) in [6.07, 6.45) is 2.89. The lowest BCUT2D eigenvalue weighted by atomic mass is 9.75. The van der Waals surface area contributed by atoms with E-state index >= 15 is 0 Å². The first-order valence-corrected chi connectivity index (χ1v) is 11.3. The van der Waals surface area contributed by atoms with Crippen LogP contribution in [0.3, 0.4) is 0 Å². The maximum Gasteiger partial charge on any atom is 0.144 e. The summed E-state index contributed by atoms with van der Waals surface area (Å²) in [5.74, 6) is -2.02. The van der Waals surface area contributed by atoms with Crippen molar-refractivity contribution >= 4 is 21.9 Å². The van der Waals surface area contributed by atoms with Gasteiger partial charge < -0.3 is 4.42 Å². The van der Waals surface area contributed by atoms with Crippen LogP contribution in [0.4, 0.5) is 0 Å². The molecule has 2 nitrogen and oxygen atoms in total. The molecule has 0 radical (unpaired) electrons. The molecule has 0 atom stereocenters. The number of rotatable bonds is 3. The smallest absolute Gasteiger partial charge is 0.144 e. The van der Waals surface area contributed by atoms with E-state index in [0.717, 1.165) is 16.3 Å². The van der Waals surface area contributed by atoms with Crippen molar-refractivity contribution in [2.75, 3.05) is 0 Å². The average molecular weight is 440 g/mol. The second-order valence-electron chi connectivity index (χ2n) is 8.68. The molecule has 2 heteroatoms. The summed E-state index contributed by atoms with van der Waals surface area (Å²) in [5, 5.41) is 1.56. The zero-order valence-electron chi connectivity index (χ0n) is 26.2. The Morgan fingerprint density at radius 1 is 0.848 bits per heavy atom. The fourth-order valence-corrected chi connectivity index (χ4v) is 4.98. The van der Waals surface area contributed by atoms with Gasteiger partial charge in [-0.1, -0.05) is 54.6 Å². The van der Waals surface area contributed by atoms with E-state index in [1.54, 1.807) is 18.2 Å². The standard InChI is InChI=1S/C31H29NO/c1-20-11-16-25-26-9-6-10-27(31(26)33-30(25)17-20)29-18-28(21(2)19-32-29)24-14-12-23(13-15-24)22-7-4-3-5-8-22/h3-11,16-19,23-24H,12-15H2,1-2H3/i1D3,2D3,23D,24D. The number of fused-ring (bicyclic) bond motifs is 3. The van der Waals surface area contributed by atoms with Crippen LogP contribution in [0.1, 0.15) is 70.7 Å². The highest BCUT2D eigenvalue weighted by atomic mass is 16.3. The molecule has 2 aromatic heterocycles. The van der Waals surface area contributed by atoms with Crippen molar-refractivity contribution in [3.8, 4) is 11.3 Å². The van der Waals surface area contributed by atoms with Crippen molar-refractivity contribution in [2.45, 2.75) is 51.2 Å². The Hall–Kier alpha value is -3.39. The molecule has 5 aromatic rings. The van der Waals surface area contributed by atoms with Gasteiger partial charge in [-0.2, -0.15) is 0 Å². The van der Waals surface area contributed by atoms with E-state index in [0.29, 0.717) is 53.7 Å². The summed E-state index contributed by atoms with van der Waals surface area (Å²) in [7, 11) is 0. The third kappa shape index (κ3) is 3.64. The van der Waals surface area contributed by atoms with Crippen LogP contribution in [-0.4, -0.2) is 4.98 Å². The highest BCUT2D eigenvalue weighted by molar-refractivity contribution is 6.09. The van der Waals surface area contributed by atoms with Crippen molar-refractivity contribution < 1.29 is 15.4 Å². The topological polar surface area (TPSA) is 26.0 Å². The molecule has 2 heterocycles. The lowest BCUT2D eigenvalue weighted by Gasteiger charge is -2.30. The first-order valence-electron chi connectivity index (χ1n) is 15.3. The number of hydrogen-bond acceptors (Lipinski definition) is 2. The van der Waals surface area contributed by atoms with Gasteiger partial charge in [0, 0.05) is 33.5 Å². The number of pyridine rings is 1. The van der Waals surface area contributed by atoms with Gasteiger partial charge in [-0.05, 0) is 91.6 Å². The van der Waals surface area contributed by atoms with Gasteiger partial charge in [-0.25, -0.2) is 0 Å². The first-order chi connectivity index (χ1) is 19.3. The van der Waals surface area contributed by atoms with Crippen molar-refractivity contribution in [3.63, 3.8) is 0 Å². The molecule has 33 heavy (non-hydrogen) atoms. The molecule has 1 aliphatic carbocycles. The third-order valence-corrected chi connectivity index (χ3v) is 6.70. The Kier molecular flexibility index (Phi) is 3.31. The van der Waals surface area contributed by atoms with Gasteiger partial charge in [0.05, 0.1) is 5.69 Å². The maximum absolute atomic E-state index is 9.48. The van der Waals surface area contributed by atoms with Gasteiger partial charge in [0.2, 0.25) is 0 Å². The van der Waals surface area contributed by atoms with Gasteiger partial charge in [0.1, 0.15) is 11.2 Å². The van der Waals surface area contributed by atoms with E-state index in [9.17, 15) is 1.37 Å². The molecule has 1 saturated carbocycles. The Labute approximate surface area is 206 Å². The SMILES string of the molecule is [2H]C([2H])([2H])c1ccc2c(c1)oc1c(-c3cc(C4([2H])CCC([2H])(c5ccccc5)CC4)c(C([2H])([2H])[2H])cn3)cccc12. The lowest BCUT2D eigenvalue weighted by molar-refractivity contribution is 0.395. The van der Waals surface area contributed by atoms with Gasteiger partial charge >= 0.3 is 0 Å². The Morgan fingerprint density at radius 2 is 1.70 bits per heavy atom. The molecule has 0 N–H and O–H groups in total. The van der Waals surface area contributed by atoms with Crippen LogP contribution in [0.5, 0.6) is 0 Å². The fourth-order valence-electron chi connectivity index (χ4n) is 4.98. The minimum atomic E-state index is -2.46. The zero-order valence-corrected chi connectivity index (χ0v) is 18.2. The molecule has 6 rings (SSSR count). The molecule has 0 bridgehead atoms. The predicted molar refractivity (Wildman–Crippen MR) is 137 cm³/mol. The second-order valence-corrected chi connectivity index (χ2v) is 8.68. The minimum absolute atomic E-state index is 0.0486. The quantitative estimate of drug-likeness (QED) is 0.281. The number of benzene rings is 3. The monoisotopic (exact) mass is 439 g/mol. The van der Waals surface area contributed by atoms with Crippen molar-refractivity contribution in [1.29, 1.82) is 0 Å². The summed E-state index contributed by atoms with van der Waals surface area (Å²) in [6, 6.07) is 21.8. The third-order valence-electron chi connectivity index (χ3n) is 6.70. The number of aromatic nitrogens is 1. The molecule has 1 aliphatic rings. The summed E-state index contributed by atoms with van der Waals surface area (Å²) >= 11 is 0. The van der Waals surface area contributed by atoms with E-state index in [1.165, 1.54) is 12.3 Å². The summed E-state index contributed by atoms with van der Waals surface area (Å²) < 4.78 is 72.6. The number of furan rings is 1. The van der Waals surface area contributed by atoms with Gasteiger partial charge in [-0.3, -0.25) is 4.98 Å². The molecule has 0 aliphatic heterocycles. The van der Waals surface area contributed by atoms with Crippen LogP contribution < -0.4 is 0 Å². The summed E-state index contributed by atoms with van der Waals surface area (Å²) in [6.45, 7) is -4.72. The normalized spacial score (nSPS) is 27.5. The van der Waals surface area contributed by atoms with Gasteiger partial charge in [-0.15, -0.1) is 0 Å². The van der Waals surface area contributed by atoms with Gasteiger partial charge in [0.25, 0.3) is 0 Å². The Bertz CT molecular complexity index is 1750. The van der Waals surface area contributed by atoms with Crippen LogP contribution in [0.25, 0.3) is 33.2 Å².